The van der Waals surface area contributed by atoms with Crippen LogP contribution < -0.4 is 51.4 Å². The number of aryl methyl sites for hydroxylation is 1. The average Bonchev–Trinajstić information content (AvgIpc) is 2.47. The molecule has 80 valence electrons. The second-order valence-corrected chi connectivity index (χ2v) is 3.53. The first kappa shape index (κ1) is 14.2. The predicted molar refractivity (Wildman–Crippen MR) is 53.5 cm³/mol. The molecule has 0 radical (unpaired) electrons. The molecule has 2 nitrogen and oxygen atoms in total. The van der Waals surface area contributed by atoms with Crippen LogP contribution in [0.3, 0.4) is 0 Å². The molecule has 7 heteroatoms. The number of hydrogen-bond acceptors (Lipinski definition) is 1. The van der Waals surface area contributed by atoms with E-state index in [1.54, 1.807) is 23.9 Å². The Balaban J connectivity index is 0.00000128. The molecular formula is C9H9BF3KN2. The van der Waals surface area contributed by atoms with Crippen LogP contribution in [0.5, 0.6) is 0 Å². The number of benzene rings is 1. The SMILES string of the molecule is Cn1ncc2c(C[B-](F)(F)F)cccc21.[K+]. The van der Waals surface area contributed by atoms with Gasteiger partial charge in [0, 0.05) is 12.4 Å². The molecule has 0 bridgehead atoms. The minimum absolute atomic E-state index is 0. The number of halogens is 3. The Morgan fingerprint density at radius 3 is 2.62 bits per heavy atom. The van der Waals surface area contributed by atoms with E-state index in [0.717, 1.165) is 5.52 Å². The zero-order chi connectivity index (χ0) is 11.1. The molecule has 2 rings (SSSR count). The van der Waals surface area contributed by atoms with Gasteiger partial charge in [0.1, 0.15) is 0 Å². The molecule has 0 saturated heterocycles. The second kappa shape index (κ2) is 5.22. The molecule has 0 fully saturated rings. The van der Waals surface area contributed by atoms with E-state index < -0.39 is 13.3 Å². The molecule has 0 amide bonds. The number of nitrogens with zero attached hydrogens (tertiary/aromatic N) is 2. The van der Waals surface area contributed by atoms with Gasteiger partial charge in [0.2, 0.25) is 0 Å². The van der Waals surface area contributed by atoms with Gasteiger partial charge in [-0.2, -0.15) is 5.10 Å². The van der Waals surface area contributed by atoms with Crippen molar-refractivity contribution >= 4 is 17.9 Å². The molecule has 2 aromatic rings. The molecule has 0 N–H and O–H groups in total. The first-order chi connectivity index (χ1) is 6.97. The van der Waals surface area contributed by atoms with Gasteiger partial charge in [-0.3, -0.25) is 4.68 Å². The maximum absolute atomic E-state index is 12.3. The van der Waals surface area contributed by atoms with Crippen LogP contribution in [0.2, 0.25) is 0 Å². The number of aromatic nitrogens is 2. The third kappa shape index (κ3) is 3.10. The van der Waals surface area contributed by atoms with Gasteiger partial charge < -0.3 is 12.9 Å². The molecule has 1 heterocycles. The van der Waals surface area contributed by atoms with E-state index in [1.807, 2.05) is 0 Å². The van der Waals surface area contributed by atoms with Gasteiger partial charge in [0.25, 0.3) is 0 Å². The molecule has 1 aromatic heterocycles. The van der Waals surface area contributed by atoms with Crippen LogP contribution in [0.15, 0.2) is 24.4 Å². The van der Waals surface area contributed by atoms with Crippen molar-refractivity contribution in [2.24, 2.45) is 7.05 Å². The van der Waals surface area contributed by atoms with Crippen LogP contribution in [-0.2, 0) is 13.4 Å². The van der Waals surface area contributed by atoms with Crippen LogP contribution >= 0.6 is 0 Å². The van der Waals surface area contributed by atoms with E-state index in [-0.39, 0.29) is 51.4 Å². The minimum Gasteiger partial charge on any atom is -0.449 e. The van der Waals surface area contributed by atoms with Crippen molar-refractivity contribution < 1.29 is 64.3 Å². The number of hydrogen-bond donors (Lipinski definition) is 0. The van der Waals surface area contributed by atoms with Gasteiger partial charge in [-0.1, -0.05) is 24.0 Å². The zero-order valence-electron chi connectivity index (χ0n) is 9.12. The van der Waals surface area contributed by atoms with Crippen LogP contribution in [0.1, 0.15) is 5.56 Å². The summed E-state index contributed by atoms with van der Waals surface area (Å²) >= 11 is 0. The summed E-state index contributed by atoms with van der Waals surface area (Å²) in [5.41, 5.74) is 1.03. The van der Waals surface area contributed by atoms with Gasteiger partial charge in [-0.05, 0) is 6.07 Å². The third-order valence-corrected chi connectivity index (χ3v) is 2.33. The molecule has 0 atom stereocenters. The summed E-state index contributed by atoms with van der Waals surface area (Å²) in [6.07, 6.45) is 0.634. The summed E-state index contributed by atoms with van der Waals surface area (Å²) < 4.78 is 38.5. The Labute approximate surface area is 134 Å². The van der Waals surface area contributed by atoms with Crippen LogP contribution in [-0.4, -0.2) is 16.8 Å². The molecule has 0 saturated carbocycles. The quantitative estimate of drug-likeness (QED) is 0.659. The maximum atomic E-state index is 12.3. The third-order valence-electron chi connectivity index (χ3n) is 2.33. The van der Waals surface area contributed by atoms with Crippen molar-refractivity contribution in [3.05, 3.63) is 30.0 Å². The van der Waals surface area contributed by atoms with E-state index in [9.17, 15) is 12.9 Å². The van der Waals surface area contributed by atoms with Crippen LogP contribution in [0.4, 0.5) is 12.9 Å². The largest absolute Gasteiger partial charge is 1.00 e. The van der Waals surface area contributed by atoms with E-state index in [1.165, 1.54) is 12.3 Å². The summed E-state index contributed by atoms with van der Waals surface area (Å²) in [5.74, 6) is 0. The van der Waals surface area contributed by atoms with Crippen molar-refractivity contribution in [1.29, 1.82) is 0 Å². The Bertz CT molecular complexity index is 495. The second-order valence-electron chi connectivity index (χ2n) is 3.53. The summed E-state index contributed by atoms with van der Waals surface area (Å²) in [7, 11) is 1.71. The summed E-state index contributed by atoms with van der Waals surface area (Å²) in [6, 6.07) is 4.88. The van der Waals surface area contributed by atoms with E-state index >= 15 is 0 Å². The molecule has 0 aliphatic carbocycles. The van der Waals surface area contributed by atoms with Crippen LogP contribution in [0, 0.1) is 0 Å². The molecule has 0 aliphatic rings. The Morgan fingerprint density at radius 1 is 1.31 bits per heavy atom. The van der Waals surface area contributed by atoms with Gasteiger partial charge in [-0.15, -0.1) is 0 Å². The van der Waals surface area contributed by atoms with Gasteiger partial charge >= 0.3 is 58.4 Å². The summed E-state index contributed by atoms with van der Waals surface area (Å²) in [6.45, 7) is -4.79. The number of rotatable bonds is 2. The topological polar surface area (TPSA) is 17.8 Å². The average molecular weight is 252 g/mol. The van der Waals surface area contributed by atoms with Gasteiger partial charge in [0.15, 0.2) is 0 Å². The molecule has 16 heavy (non-hydrogen) atoms. The molecule has 0 aliphatic heterocycles. The minimum atomic E-state index is -4.79. The Hall–Kier alpha value is 0.181. The van der Waals surface area contributed by atoms with Crippen molar-refractivity contribution in [3.63, 3.8) is 0 Å². The predicted octanol–water partition coefficient (Wildman–Crippen LogP) is -0.494. The van der Waals surface area contributed by atoms with Crippen molar-refractivity contribution in [1.82, 2.24) is 9.78 Å². The first-order valence-corrected chi connectivity index (χ1v) is 4.58. The fourth-order valence-corrected chi connectivity index (χ4v) is 1.66. The maximum Gasteiger partial charge on any atom is 1.00 e. The van der Waals surface area contributed by atoms with Crippen LogP contribution in [0.25, 0.3) is 10.9 Å². The van der Waals surface area contributed by atoms with Crippen molar-refractivity contribution in [3.8, 4) is 0 Å². The van der Waals surface area contributed by atoms with Crippen molar-refractivity contribution in [2.45, 2.75) is 6.32 Å². The Morgan fingerprint density at radius 2 is 2.00 bits per heavy atom. The number of fused-ring (bicyclic) bond motifs is 1. The fourth-order valence-electron chi connectivity index (χ4n) is 1.66. The molecular weight excluding hydrogens is 243 g/mol. The first-order valence-electron chi connectivity index (χ1n) is 4.58. The van der Waals surface area contributed by atoms with E-state index in [4.69, 9.17) is 0 Å². The van der Waals surface area contributed by atoms with E-state index in [0.29, 0.717) is 10.9 Å². The fraction of sp³-hybridized carbons (Fsp3) is 0.222. The summed E-state index contributed by atoms with van der Waals surface area (Å²) in [5, 5.41) is 4.53. The Kier molecular flexibility index (Phi) is 4.65. The van der Waals surface area contributed by atoms with Gasteiger partial charge in [0.05, 0.1) is 11.7 Å². The normalized spacial score (nSPS) is 11.5. The monoisotopic (exact) mass is 252 g/mol. The van der Waals surface area contributed by atoms with E-state index in [2.05, 4.69) is 5.10 Å². The zero-order valence-corrected chi connectivity index (χ0v) is 12.2. The van der Waals surface area contributed by atoms with Crippen molar-refractivity contribution in [2.75, 3.05) is 0 Å². The molecule has 0 spiro atoms. The standard InChI is InChI=1S/C9H9BF3N2.K/c1-15-9-4-2-3-7(5-10(11,12)13)8(9)6-14-15;/h2-4,6H,5H2,1H3;/q-1;+1. The molecule has 1 aromatic carbocycles. The smallest absolute Gasteiger partial charge is 0.449 e. The summed E-state index contributed by atoms with van der Waals surface area (Å²) in [4.78, 5) is 0. The van der Waals surface area contributed by atoms with Gasteiger partial charge in [-0.25, -0.2) is 0 Å². The molecule has 0 unspecified atom stereocenters.